The lowest BCUT2D eigenvalue weighted by atomic mass is 10.3. The van der Waals surface area contributed by atoms with Crippen LogP contribution in [0.2, 0.25) is 0 Å². The quantitative estimate of drug-likeness (QED) is 0.811. The lowest BCUT2D eigenvalue weighted by Crippen LogP contribution is -2.22. The van der Waals surface area contributed by atoms with Gasteiger partial charge < -0.3 is 5.32 Å². The molecule has 0 fully saturated rings. The van der Waals surface area contributed by atoms with Gasteiger partial charge in [-0.05, 0) is 0 Å². The molecule has 0 aromatic carbocycles. The Morgan fingerprint density at radius 1 is 1.31 bits per heavy atom. The average Bonchev–Trinajstić information content (AvgIpc) is 2.80. The van der Waals surface area contributed by atoms with Crippen molar-refractivity contribution in [1.29, 1.82) is 0 Å². The highest BCUT2D eigenvalue weighted by Gasteiger charge is 2.02. The molecule has 0 radical (unpaired) electrons. The van der Waals surface area contributed by atoms with Crippen LogP contribution in [0.15, 0.2) is 25.0 Å². The number of nitrogens with zero attached hydrogens (tertiary/aromatic N) is 5. The molecule has 0 aliphatic carbocycles. The van der Waals surface area contributed by atoms with Crippen LogP contribution < -0.4 is 5.32 Å². The lowest BCUT2D eigenvalue weighted by Gasteiger charge is -2.07. The van der Waals surface area contributed by atoms with Crippen LogP contribution in [0.4, 0.5) is 0 Å². The molecule has 2 aromatic rings. The van der Waals surface area contributed by atoms with Gasteiger partial charge in [0.05, 0.1) is 11.9 Å². The van der Waals surface area contributed by atoms with Gasteiger partial charge in [-0.15, -0.1) is 0 Å². The second-order valence-electron chi connectivity index (χ2n) is 3.74. The van der Waals surface area contributed by atoms with Gasteiger partial charge in [-0.3, -0.25) is 4.98 Å². The molecule has 0 atom stereocenters. The molecule has 0 saturated heterocycles. The molecule has 0 bridgehead atoms. The number of rotatable bonds is 4. The Morgan fingerprint density at radius 2 is 2.19 bits per heavy atom. The summed E-state index contributed by atoms with van der Waals surface area (Å²) in [4.78, 5) is 12.4. The van der Waals surface area contributed by atoms with Crippen LogP contribution in [0.25, 0.3) is 5.82 Å². The van der Waals surface area contributed by atoms with E-state index >= 15 is 0 Å². The van der Waals surface area contributed by atoms with Gasteiger partial charge in [0.2, 0.25) is 0 Å². The molecule has 0 amide bonds. The van der Waals surface area contributed by atoms with Crippen LogP contribution >= 0.6 is 0 Å². The van der Waals surface area contributed by atoms with Crippen molar-refractivity contribution in [2.45, 2.75) is 26.4 Å². The standard InChI is InChI=1S/C10H14N6/c1-8(2)13-4-9-3-11-5-10(15-9)16-7-12-6-14-16/h3,5-8,13H,4H2,1-2H3. The first-order chi connectivity index (χ1) is 7.75. The van der Waals surface area contributed by atoms with Crippen LogP contribution in [-0.2, 0) is 6.54 Å². The van der Waals surface area contributed by atoms with E-state index in [0.717, 1.165) is 5.69 Å². The number of nitrogens with one attached hydrogen (secondary N) is 1. The highest BCUT2D eigenvalue weighted by atomic mass is 15.3. The molecule has 2 aromatic heterocycles. The summed E-state index contributed by atoms with van der Waals surface area (Å²) in [6, 6.07) is 0.428. The van der Waals surface area contributed by atoms with Crippen molar-refractivity contribution in [2.24, 2.45) is 0 Å². The van der Waals surface area contributed by atoms with E-state index < -0.39 is 0 Å². The van der Waals surface area contributed by atoms with Crippen molar-refractivity contribution < 1.29 is 0 Å². The first kappa shape index (κ1) is 10.7. The molecule has 2 heterocycles. The number of hydrogen-bond donors (Lipinski definition) is 1. The van der Waals surface area contributed by atoms with E-state index in [2.05, 4.69) is 39.2 Å². The van der Waals surface area contributed by atoms with E-state index in [-0.39, 0.29) is 0 Å². The fourth-order valence-corrected chi connectivity index (χ4v) is 1.23. The van der Waals surface area contributed by atoms with E-state index in [0.29, 0.717) is 18.4 Å². The Bertz CT molecular complexity index is 436. The zero-order valence-corrected chi connectivity index (χ0v) is 9.33. The lowest BCUT2D eigenvalue weighted by molar-refractivity contribution is 0.579. The smallest absolute Gasteiger partial charge is 0.173 e. The van der Waals surface area contributed by atoms with Gasteiger partial charge in [0.25, 0.3) is 0 Å². The van der Waals surface area contributed by atoms with Gasteiger partial charge in [-0.2, -0.15) is 5.10 Å². The first-order valence-electron chi connectivity index (χ1n) is 5.15. The fourth-order valence-electron chi connectivity index (χ4n) is 1.23. The molecule has 0 saturated carbocycles. The first-order valence-corrected chi connectivity index (χ1v) is 5.15. The predicted octanol–water partition coefficient (Wildman–Crippen LogP) is 0.555. The van der Waals surface area contributed by atoms with Crippen molar-refractivity contribution in [1.82, 2.24) is 30.0 Å². The van der Waals surface area contributed by atoms with Gasteiger partial charge in [-0.1, -0.05) is 13.8 Å². The summed E-state index contributed by atoms with van der Waals surface area (Å²) in [6.07, 6.45) is 6.48. The molecule has 0 aliphatic heterocycles. The third-order valence-corrected chi connectivity index (χ3v) is 2.02. The van der Waals surface area contributed by atoms with E-state index in [1.165, 1.54) is 6.33 Å². The van der Waals surface area contributed by atoms with Gasteiger partial charge in [0, 0.05) is 18.8 Å². The molecule has 6 nitrogen and oxygen atoms in total. The molecule has 6 heteroatoms. The minimum atomic E-state index is 0.428. The third kappa shape index (κ3) is 2.60. The summed E-state index contributed by atoms with van der Waals surface area (Å²) in [5.74, 6) is 0.681. The fraction of sp³-hybridized carbons (Fsp3) is 0.400. The van der Waals surface area contributed by atoms with Crippen molar-refractivity contribution in [3.63, 3.8) is 0 Å². The molecular weight excluding hydrogens is 204 g/mol. The summed E-state index contributed by atoms with van der Waals surface area (Å²) in [5.41, 5.74) is 0.890. The zero-order valence-electron chi connectivity index (χ0n) is 9.33. The monoisotopic (exact) mass is 218 g/mol. The SMILES string of the molecule is CC(C)NCc1cncc(-n2cncn2)n1. The molecule has 0 aliphatic rings. The topological polar surface area (TPSA) is 68.5 Å². The van der Waals surface area contributed by atoms with Crippen molar-refractivity contribution in [3.8, 4) is 5.82 Å². The Morgan fingerprint density at radius 3 is 2.88 bits per heavy atom. The summed E-state index contributed by atoms with van der Waals surface area (Å²) < 4.78 is 1.59. The maximum absolute atomic E-state index is 4.42. The second kappa shape index (κ2) is 4.80. The Labute approximate surface area is 93.8 Å². The number of hydrogen-bond acceptors (Lipinski definition) is 5. The normalized spacial score (nSPS) is 10.9. The van der Waals surface area contributed by atoms with Crippen LogP contribution in [0.3, 0.4) is 0 Å². The minimum absolute atomic E-state index is 0.428. The van der Waals surface area contributed by atoms with Crippen LogP contribution in [0.1, 0.15) is 19.5 Å². The Kier molecular flexibility index (Phi) is 3.21. The molecule has 1 N–H and O–H groups in total. The third-order valence-electron chi connectivity index (χ3n) is 2.02. The maximum Gasteiger partial charge on any atom is 0.173 e. The molecule has 0 spiro atoms. The Hall–Kier alpha value is -1.82. The van der Waals surface area contributed by atoms with Gasteiger partial charge in [0.15, 0.2) is 5.82 Å². The van der Waals surface area contributed by atoms with Crippen LogP contribution in [0, 0.1) is 0 Å². The molecule has 84 valence electrons. The minimum Gasteiger partial charge on any atom is -0.309 e. The van der Waals surface area contributed by atoms with E-state index in [1.807, 2.05) is 0 Å². The molecule has 16 heavy (non-hydrogen) atoms. The average molecular weight is 218 g/mol. The highest BCUT2D eigenvalue weighted by Crippen LogP contribution is 2.01. The van der Waals surface area contributed by atoms with Gasteiger partial charge >= 0.3 is 0 Å². The summed E-state index contributed by atoms with van der Waals surface area (Å²) in [5, 5.41) is 7.29. The zero-order chi connectivity index (χ0) is 11.4. The second-order valence-corrected chi connectivity index (χ2v) is 3.74. The summed E-state index contributed by atoms with van der Waals surface area (Å²) in [6.45, 7) is 4.89. The number of aromatic nitrogens is 5. The molecule has 2 rings (SSSR count). The Balaban J connectivity index is 2.14. The van der Waals surface area contributed by atoms with E-state index in [4.69, 9.17) is 0 Å². The molecular formula is C10H14N6. The largest absolute Gasteiger partial charge is 0.309 e. The van der Waals surface area contributed by atoms with Gasteiger partial charge in [0.1, 0.15) is 12.7 Å². The van der Waals surface area contributed by atoms with E-state index in [1.54, 1.807) is 23.4 Å². The molecule has 0 unspecified atom stereocenters. The van der Waals surface area contributed by atoms with Crippen LogP contribution in [0.5, 0.6) is 0 Å². The van der Waals surface area contributed by atoms with Crippen LogP contribution in [-0.4, -0.2) is 30.8 Å². The maximum atomic E-state index is 4.42. The van der Waals surface area contributed by atoms with E-state index in [9.17, 15) is 0 Å². The van der Waals surface area contributed by atoms with Gasteiger partial charge in [-0.25, -0.2) is 14.6 Å². The van der Waals surface area contributed by atoms with Crippen molar-refractivity contribution in [2.75, 3.05) is 0 Å². The summed E-state index contributed by atoms with van der Waals surface area (Å²) in [7, 11) is 0. The predicted molar refractivity (Wildman–Crippen MR) is 58.9 cm³/mol. The summed E-state index contributed by atoms with van der Waals surface area (Å²) >= 11 is 0. The van der Waals surface area contributed by atoms with Crippen molar-refractivity contribution >= 4 is 0 Å². The van der Waals surface area contributed by atoms with Crippen molar-refractivity contribution in [3.05, 3.63) is 30.7 Å². The highest BCUT2D eigenvalue weighted by molar-refractivity contribution is 5.16.